The quantitative estimate of drug-likeness (QED) is 0.628. The predicted molar refractivity (Wildman–Crippen MR) is 86.0 cm³/mol. The average Bonchev–Trinajstić information content (AvgIpc) is 2.85. The van der Waals surface area contributed by atoms with Crippen molar-refractivity contribution in [2.45, 2.75) is 18.9 Å². The maximum absolute atomic E-state index is 12.1. The number of carbonyl (C=O) groups excluding carboxylic acids is 2. The van der Waals surface area contributed by atoms with Crippen molar-refractivity contribution in [1.82, 2.24) is 10.6 Å². The molecule has 1 atom stereocenters. The van der Waals surface area contributed by atoms with Crippen LogP contribution in [0.5, 0.6) is 0 Å². The highest BCUT2D eigenvalue weighted by molar-refractivity contribution is 5.96. The molecule has 22 heavy (non-hydrogen) atoms. The lowest BCUT2D eigenvalue weighted by atomic mass is 10.2. The monoisotopic (exact) mass is 305 g/mol. The van der Waals surface area contributed by atoms with Crippen LogP contribution in [0.1, 0.15) is 12.8 Å². The fourth-order valence-corrected chi connectivity index (χ4v) is 2.54. The summed E-state index contributed by atoms with van der Waals surface area (Å²) in [6, 6.07) is 9.22. The zero-order chi connectivity index (χ0) is 15.9. The molecule has 3 N–H and O–H groups in total. The Kier molecular flexibility index (Phi) is 5.77. The summed E-state index contributed by atoms with van der Waals surface area (Å²) >= 11 is 0. The van der Waals surface area contributed by atoms with Crippen molar-refractivity contribution >= 4 is 17.6 Å². The van der Waals surface area contributed by atoms with Gasteiger partial charge < -0.3 is 20.4 Å². The SMILES string of the molecule is C[NH+](C)CCCNC(=O)N[C@@H]1CC(=O)N(c2ccccc2)C1. The van der Waals surface area contributed by atoms with Crippen LogP contribution >= 0.6 is 0 Å². The molecule has 0 saturated carbocycles. The number of quaternary nitrogens is 1. The van der Waals surface area contributed by atoms with Gasteiger partial charge in [0.15, 0.2) is 0 Å². The number of rotatable bonds is 6. The Morgan fingerprint density at radius 2 is 2.05 bits per heavy atom. The Morgan fingerprint density at radius 1 is 1.32 bits per heavy atom. The number of nitrogens with zero attached hydrogens (tertiary/aromatic N) is 1. The molecule has 1 aromatic rings. The predicted octanol–water partition coefficient (Wildman–Crippen LogP) is -0.374. The number of benzene rings is 1. The van der Waals surface area contributed by atoms with Gasteiger partial charge in [-0.3, -0.25) is 4.79 Å². The molecule has 120 valence electrons. The smallest absolute Gasteiger partial charge is 0.315 e. The van der Waals surface area contributed by atoms with E-state index in [0.29, 0.717) is 19.5 Å². The van der Waals surface area contributed by atoms with Crippen molar-refractivity contribution in [3.05, 3.63) is 30.3 Å². The number of carbonyl (C=O) groups is 2. The fourth-order valence-electron chi connectivity index (χ4n) is 2.54. The second-order valence-electron chi connectivity index (χ2n) is 5.95. The number of amides is 3. The van der Waals surface area contributed by atoms with E-state index in [9.17, 15) is 9.59 Å². The zero-order valence-corrected chi connectivity index (χ0v) is 13.3. The van der Waals surface area contributed by atoms with E-state index < -0.39 is 0 Å². The van der Waals surface area contributed by atoms with Gasteiger partial charge in [0.1, 0.15) is 0 Å². The molecule has 3 amide bonds. The summed E-state index contributed by atoms with van der Waals surface area (Å²) in [5, 5.41) is 5.72. The fraction of sp³-hybridized carbons (Fsp3) is 0.500. The third-order valence-corrected chi connectivity index (χ3v) is 3.67. The lowest BCUT2D eigenvalue weighted by molar-refractivity contribution is -0.858. The van der Waals surface area contributed by atoms with Crippen molar-refractivity contribution in [2.75, 3.05) is 38.6 Å². The molecule has 0 unspecified atom stereocenters. The van der Waals surface area contributed by atoms with Crippen LogP contribution in [0, 0.1) is 0 Å². The first kappa shape index (κ1) is 16.3. The van der Waals surface area contributed by atoms with Crippen molar-refractivity contribution < 1.29 is 14.5 Å². The minimum Gasteiger partial charge on any atom is -0.340 e. The Labute approximate surface area is 131 Å². The molecule has 6 nitrogen and oxygen atoms in total. The summed E-state index contributed by atoms with van der Waals surface area (Å²) in [6.07, 6.45) is 1.29. The molecule has 0 aromatic heterocycles. The second kappa shape index (κ2) is 7.79. The van der Waals surface area contributed by atoms with E-state index in [1.54, 1.807) is 4.90 Å². The summed E-state index contributed by atoms with van der Waals surface area (Å²) < 4.78 is 0. The third kappa shape index (κ3) is 4.73. The van der Waals surface area contributed by atoms with Gasteiger partial charge in [-0.1, -0.05) is 18.2 Å². The molecular formula is C16H25N4O2+. The van der Waals surface area contributed by atoms with Crippen LogP contribution in [0.4, 0.5) is 10.5 Å². The lowest BCUT2D eigenvalue weighted by Crippen LogP contribution is -3.05. The first-order chi connectivity index (χ1) is 10.6. The third-order valence-electron chi connectivity index (χ3n) is 3.67. The summed E-state index contributed by atoms with van der Waals surface area (Å²) in [5.41, 5.74) is 0.881. The Hall–Kier alpha value is -2.08. The van der Waals surface area contributed by atoms with Gasteiger partial charge in [-0.25, -0.2) is 4.79 Å². The van der Waals surface area contributed by atoms with Gasteiger partial charge in [-0.05, 0) is 12.1 Å². The maximum atomic E-state index is 12.1. The van der Waals surface area contributed by atoms with Crippen LogP contribution in [0.2, 0.25) is 0 Å². The van der Waals surface area contributed by atoms with Gasteiger partial charge in [0.25, 0.3) is 0 Å². The van der Waals surface area contributed by atoms with Crippen molar-refractivity contribution in [3.63, 3.8) is 0 Å². The van der Waals surface area contributed by atoms with Gasteiger partial charge in [-0.15, -0.1) is 0 Å². The molecule has 1 aromatic carbocycles. The number of hydrogen-bond acceptors (Lipinski definition) is 2. The van der Waals surface area contributed by atoms with Crippen LogP contribution in [0.3, 0.4) is 0 Å². The van der Waals surface area contributed by atoms with Crippen LogP contribution in [0.15, 0.2) is 30.3 Å². The molecule has 0 bridgehead atoms. The topological polar surface area (TPSA) is 65.9 Å². The molecule has 1 saturated heterocycles. The van der Waals surface area contributed by atoms with Crippen LogP contribution < -0.4 is 20.4 Å². The first-order valence-electron chi connectivity index (χ1n) is 7.75. The lowest BCUT2D eigenvalue weighted by Gasteiger charge is -2.17. The Bertz CT molecular complexity index is 504. The number of hydrogen-bond donors (Lipinski definition) is 3. The van der Waals surface area contributed by atoms with Crippen molar-refractivity contribution in [1.29, 1.82) is 0 Å². The van der Waals surface area contributed by atoms with Crippen molar-refractivity contribution in [3.8, 4) is 0 Å². The minimum absolute atomic E-state index is 0.0488. The van der Waals surface area contributed by atoms with Crippen LogP contribution in [-0.2, 0) is 4.79 Å². The molecule has 0 aliphatic carbocycles. The largest absolute Gasteiger partial charge is 0.340 e. The van der Waals surface area contributed by atoms with Crippen LogP contribution in [0.25, 0.3) is 0 Å². The number of nitrogens with one attached hydrogen (secondary N) is 3. The normalized spacial score (nSPS) is 17.9. The molecule has 0 radical (unpaired) electrons. The summed E-state index contributed by atoms with van der Waals surface area (Å²) in [4.78, 5) is 27.0. The molecular weight excluding hydrogens is 280 g/mol. The molecule has 0 spiro atoms. The summed E-state index contributed by atoms with van der Waals surface area (Å²) in [6.45, 7) is 2.20. The van der Waals surface area contributed by atoms with E-state index in [1.165, 1.54) is 4.90 Å². The van der Waals surface area contributed by atoms with E-state index >= 15 is 0 Å². The Balaban J connectivity index is 1.75. The zero-order valence-electron chi connectivity index (χ0n) is 13.3. The highest BCUT2D eigenvalue weighted by atomic mass is 16.2. The number of anilines is 1. The standard InChI is InChI=1S/C16H24N4O2/c1-19(2)10-6-9-17-16(22)18-13-11-15(21)20(12-13)14-7-4-3-5-8-14/h3-5,7-8,13H,6,9-12H2,1-2H3,(H2,17,18,22)/p+1/t13-/m1/s1. The summed E-state index contributed by atoms with van der Waals surface area (Å²) in [7, 11) is 4.17. The van der Waals surface area contributed by atoms with Gasteiger partial charge in [0.2, 0.25) is 5.91 Å². The van der Waals surface area contributed by atoms with E-state index in [1.807, 2.05) is 30.3 Å². The van der Waals surface area contributed by atoms with Gasteiger partial charge in [0, 0.05) is 31.6 Å². The van der Waals surface area contributed by atoms with Gasteiger partial charge in [-0.2, -0.15) is 0 Å². The molecule has 2 rings (SSSR count). The van der Waals surface area contributed by atoms with E-state index in [4.69, 9.17) is 0 Å². The minimum atomic E-state index is -0.193. The Morgan fingerprint density at radius 3 is 2.73 bits per heavy atom. The summed E-state index contributed by atoms with van der Waals surface area (Å²) in [5.74, 6) is 0.0488. The molecule has 1 aliphatic rings. The number of para-hydroxylation sites is 1. The van der Waals surface area contributed by atoms with E-state index in [2.05, 4.69) is 24.7 Å². The van der Waals surface area contributed by atoms with E-state index in [-0.39, 0.29) is 18.0 Å². The first-order valence-corrected chi connectivity index (χ1v) is 7.75. The highest BCUT2D eigenvalue weighted by Crippen LogP contribution is 2.20. The molecule has 6 heteroatoms. The highest BCUT2D eigenvalue weighted by Gasteiger charge is 2.31. The maximum Gasteiger partial charge on any atom is 0.315 e. The molecule has 1 heterocycles. The van der Waals surface area contributed by atoms with Gasteiger partial charge in [0.05, 0.1) is 26.7 Å². The van der Waals surface area contributed by atoms with Crippen molar-refractivity contribution in [2.24, 2.45) is 0 Å². The van der Waals surface area contributed by atoms with E-state index in [0.717, 1.165) is 18.7 Å². The number of urea groups is 1. The molecule has 1 aliphatic heterocycles. The second-order valence-corrected chi connectivity index (χ2v) is 5.95. The van der Waals surface area contributed by atoms with Gasteiger partial charge >= 0.3 is 6.03 Å². The molecule has 1 fully saturated rings. The average molecular weight is 305 g/mol. The van der Waals surface area contributed by atoms with Crippen LogP contribution in [-0.4, -0.2) is 51.7 Å².